The number of likely N-dealkylation sites (N-methyl/N-ethyl adjacent to an activating group) is 1. The molecule has 2 heterocycles. The van der Waals surface area contributed by atoms with Crippen molar-refractivity contribution in [3.05, 3.63) is 69.8 Å². The lowest BCUT2D eigenvalue weighted by Crippen LogP contribution is -2.37. The van der Waals surface area contributed by atoms with E-state index in [0.29, 0.717) is 31.0 Å². The van der Waals surface area contributed by atoms with Crippen LogP contribution in [0.2, 0.25) is 0 Å². The van der Waals surface area contributed by atoms with E-state index in [1.807, 2.05) is 58.3 Å². The topological polar surface area (TPSA) is 126 Å². The van der Waals surface area contributed by atoms with Crippen LogP contribution in [-0.2, 0) is 11.3 Å². The quantitative estimate of drug-likeness (QED) is 0.288. The van der Waals surface area contributed by atoms with E-state index >= 15 is 0 Å². The van der Waals surface area contributed by atoms with E-state index in [2.05, 4.69) is 20.5 Å². The van der Waals surface area contributed by atoms with Gasteiger partial charge in [0.1, 0.15) is 11.2 Å². The molecule has 2 amide bonds. The Labute approximate surface area is 240 Å². The number of nitrogens with zero attached hydrogens (tertiary/aromatic N) is 2. The number of H-pyrrole nitrogens is 1. The van der Waals surface area contributed by atoms with Crippen molar-refractivity contribution in [1.82, 2.24) is 25.1 Å². The highest BCUT2D eigenvalue weighted by Gasteiger charge is 2.38. The Bertz CT molecular complexity index is 1470. The first-order valence-corrected chi connectivity index (χ1v) is 14.2. The SMILES string of the molecule is CNC(=O)c1cc(C(=O)C[C@H]2C[C@@H]2CCN(C)CCNC(=O)OC(C)(C)C)cn(Cc2cccc3[nH]ccc23)c1=O. The van der Waals surface area contributed by atoms with E-state index in [0.717, 1.165) is 35.9 Å². The highest BCUT2D eigenvalue weighted by molar-refractivity contribution is 6.00. The zero-order valence-corrected chi connectivity index (χ0v) is 24.6. The molecule has 1 saturated carbocycles. The van der Waals surface area contributed by atoms with Gasteiger partial charge in [0.25, 0.3) is 11.5 Å². The number of aromatic nitrogens is 2. The minimum Gasteiger partial charge on any atom is -0.444 e. The molecule has 1 aliphatic rings. The number of hydrogen-bond donors (Lipinski definition) is 3. The van der Waals surface area contributed by atoms with Crippen molar-refractivity contribution < 1.29 is 19.1 Å². The summed E-state index contributed by atoms with van der Waals surface area (Å²) in [5.74, 6) is 0.168. The number of ketones is 1. The molecule has 0 bridgehead atoms. The van der Waals surface area contributed by atoms with Crippen molar-refractivity contribution in [2.24, 2.45) is 11.8 Å². The lowest BCUT2D eigenvalue weighted by atomic mass is 10.0. The van der Waals surface area contributed by atoms with Gasteiger partial charge in [-0.1, -0.05) is 12.1 Å². The third-order valence-corrected chi connectivity index (χ3v) is 7.47. The number of aromatic amines is 1. The average molecular weight is 564 g/mol. The molecule has 1 aliphatic carbocycles. The summed E-state index contributed by atoms with van der Waals surface area (Å²) in [6.07, 6.45) is 5.34. The van der Waals surface area contributed by atoms with Gasteiger partial charge in [-0.05, 0) is 82.8 Å². The molecule has 0 unspecified atom stereocenters. The molecule has 0 spiro atoms. The molecule has 0 saturated heterocycles. The van der Waals surface area contributed by atoms with Gasteiger partial charge in [-0.3, -0.25) is 14.4 Å². The van der Waals surface area contributed by atoms with Crippen LogP contribution in [0.4, 0.5) is 4.79 Å². The summed E-state index contributed by atoms with van der Waals surface area (Å²) in [5, 5.41) is 6.28. The molecule has 10 heteroatoms. The summed E-state index contributed by atoms with van der Waals surface area (Å²) in [6.45, 7) is 7.81. The summed E-state index contributed by atoms with van der Waals surface area (Å²) in [6, 6.07) is 9.20. The molecular formula is C31H41N5O5. The largest absolute Gasteiger partial charge is 0.444 e. The summed E-state index contributed by atoms with van der Waals surface area (Å²) in [5.41, 5.74) is 1.27. The second-order valence-electron chi connectivity index (χ2n) is 11.9. The van der Waals surface area contributed by atoms with Crippen molar-refractivity contribution in [2.75, 3.05) is 33.7 Å². The Balaban J connectivity index is 1.34. The molecule has 1 fully saturated rings. The van der Waals surface area contributed by atoms with Crippen LogP contribution in [-0.4, -0.2) is 71.6 Å². The zero-order chi connectivity index (χ0) is 29.7. The van der Waals surface area contributed by atoms with Crippen molar-refractivity contribution in [3.63, 3.8) is 0 Å². The lowest BCUT2D eigenvalue weighted by Gasteiger charge is -2.21. The first kappa shape index (κ1) is 30.0. The summed E-state index contributed by atoms with van der Waals surface area (Å²) in [7, 11) is 3.48. The van der Waals surface area contributed by atoms with Crippen LogP contribution in [0.15, 0.2) is 47.5 Å². The van der Waals surface area contributed by atoms with Gasteiger partial charge in [0.2, 0.25) is 0 Å². The number of amides is 2. The monoisotopic (exact) mass is 563 g/mol. The number of alkyl carbamates (subject to hydrolysis) is 1. The molecule has 3 aromatic rings. The number of ether oxygens (including phenoxy) is 1. The summed E-state index contributed by atoms with van der Waals surface area (Å²) < 4.78 is 6.72. The Hall–Kier alpha value is -3.92. The summed E-state index contributed by atoms with van der Waals surface area (Å²) in [4.78, 5) is 56.1. The zero-order valence-electron chi connectivity index (χ0n) is 24.6. The fourth-order valence-corrected chi connectivity index (χ4v) is 5.11. The van der Waals surface area contributed by atoms with Gasteiger partial charge >= 0.3 is 6.09 Å². The molecule has 0 radical (unpaired) electrons. The highest BCUT2D eigenvalue weighted by atomic mass is 16.6. The Morgan fingerprint density at radius 1 is 1.15 bits per heavy atom. The van der Waals surface area contributed by atoms with E-state index in [9.17, 15) is 19.2 Å². The number of rotatable bonds is 12. The van der Waals surface area contributed by atoms with Gasteiger partial charge in [-0.25, -0.2) is 4.79 Å². The third kappa shape index (κ3) is 8.07. The van der Waals surface area contributed by atoms with Crippen LogP contribution in [0.25, 0.3) is 10.9 Å². The number of carbonyl (C=O) groups is 3. The number of nitrogens with one attached hydrogen (secondary N) is 3. The minimum atomic E-state index is -0.521. The van der Waals surface area contributed by atoms with Gasteiger partial charge in [0.05, 0.1) is 6.54 Å². The van der Waals surface area contributed by atoms with Gasteiger partial charge in [-0.2, -0.15) is 0 Å². The van der Waals surface area contributed by atoms with Gasteiger partial charge in [-0.15, -0.1) is 0 Å². The molecule has 41 heavy (non-hydrogen) atoms. The van der Waals surface area contributed by atoms with Crippen LogP contribution in [0.1, 0.15) is 66.3 Å². The van der Waals surface area contributed by atoms with Crippen molar-refractivity contribution >= 4 is 28.7 Å². The van der Waals surface area contributed by atoms with Crippen LogP contribution < -0.4 is 16.2 Å². The normalized spacial score (nSPS) is 16.5. The van der Waals surface area contributed by atoms with Crippen molar-refractivity contribution in [2.45, 2.75) is 52.2 Å². The Morgan fingerprint density at radius 2 is 1.93 bits per heavy atom. The van der Waals surface area contributed by atoms with E-state index in [-0.39, 0.29) is 23.8 Å². The maximum atomic E-state index is 13.3. The van der Waals surface area contributed by atoms with Gasteiger partial charge in [0.15, 0.2) is 5.78 Å². The molecular weight excluding hydrogens is 522 g/mol. The van der Waals surface area contributed by atoms with Gasteiger partial charge in [0, 0.05) is 55.4 Å². The second-order valence-corrected chi connectivity index (χ2v) is 11.9. The fraction of sp³-hybridized carbons (Fsp3) is 0.484. The van der Waals surface area contributed by atoms with E-state index in [1.165, 1.54) is 17.7 Å². The third-order valence-electron chi connectivity index (χ3n) is 7.47. The molecule has 3 N–H and O–H groups in total. The Morgan fingerprint density at radius 3 is 2.66 bits per heavy atom. The van der Waals surface area contributed by atoms with Gasteiger partial charge < -0.3 is 29.8 Å². The maximum Gasteiger partial charge on any atom is 0.407 e. The number of carbonyl (C=O) groups excluding carboxylic acids is 3. The van der Waals surface area contributed by atoms with Crippen LogP contribution in [0.3, 0.4) is 0 Å². The van der Waals surface area contributed by atoms with Crippen LogP contribution in [0.5, 0.6) is 0 Å². The molecule has 2 aromatic heterocycles. The average Bonchev–Trinajstić information content (AvgIpc) is 3.45. The summed E-state index contributed by atoms with van der Waals surface area (Å²) >= 11 is 0. The number of benzene rings is 1. The fourth-order valence-electron chi connectivity index (χ4n) is 5.11. The molecule has 4 rings (SSSR count). The number of hydrogen-bond acceptors (Lipinski definition) is 6. The van der Waals surface area contributed by atoms with Crippen LogP contribution in [0, 0.1) is 11.8 Å². The van der Waals surface area contributed by atoms with E-state index in [1.54, 1.807) is 6.20 Å². The Kier molecular flexibility index (Phi) is 9.32. The molecule has 1 aromatic carbocycles. The van der Waals surface area contributed by atoms with Crippen molar-refractivity contribution in [3.8, 4) is 0 Å². The predicted octanol–water partition coefficient (Wildman–Crippen LogP) is 3.79. The molecule has 2 atom stereocenters. The second kappa shape index (κ2) is 12.7. The first-order chi connectivity index (χ1) is 19.4. The minimum absolute atomic E-state index is 0.0337. The van der Waals surface area contributed by atoms with E-state index in [4.69, 9.17) is 4.74 Å². The van der Waals surface area contributed by atoms with Crippen molar-refractivity contribution in [1.29, 1.82) is 0 Å². The first-order valence-electron chi connectivity index (χ1n) is 14.2. The standard InChI is InChI=1S/C31H41N5O5/c1-31(2,3)41-30(40)34-12-14-35(5)13-10-20-15-22(20)17-27(37)23-16-25(28(38)32-4)29(39)36(19-23)18-21-7-6-8-26-24(21)9-11-33-26/h6-9,11,16,19-20,22,33H,10,12-15,17-18H2,1-5H3,(H,32,38)(H,34,40)/t20-,22+/m0/s1. The number of fused-ring (bicyclic) bond motifs is 1. The highest BCUT2D eigenvalue weighted by Crippen LogP contribution is 2.44. The number of Topliss-reactive ketones (excluding diaryl/α,β-unsaturated/α-hetero) is 1. The predicted molar refractivity (Wildman–Crippen MR) is 158 cm³/mol. The molecule has 0 aliphatic heterocycles. The lowest BCUT2D eigenvalue weighted by molar-refractivity contribution is 0.0523. The molecule has 10 nitrogen and oxygen atoms in total. The maximum absolute atomic E-state index is 13.3. The van der Waals surface area contributed by atoms with E-state index < -0.39 is 23.2 Å². The molecule has 220 valence electrons. The smallest absolute Gasteiger partial charge is 0.407 e. The van der Waals surface area contributed by atoms with Crippen LogP contribution >= 0.6 is 0 Å². The number of pyridine rings is 1.